The summed E-state index contributed by atoms with van der Waals surface area (Å²) in [5.41, 5.74) is 0. The molecular weight excluding hydrogens is 357 g/mol. The monoisotopic (exact) mass is 367 g/mol. The Hall–Kier alpha value is -2.50. The van der Waals surface area contributed by atoms with Crippen LogP contribution >= 0.6 is 11.3 Å². The summed E-state index contributed by atoms with van der Waals surface area (Å²) in [6, 6.07) is 4.50. The number of hydrogen-bond donors (Lipinski definition) is 2. The number of hydrogen-bond acceptors (Lipinski definition) is 8. The number of thiazole rings is 1. The summed E-state index contributed by atoms with van der Waals surface area (Å²) in [5, 5.41) is 24.2. The SMILES string of the molecule is O=S(=O)(c1ccc(F)cc1)c1csc(C=CC(O)c2nn[nH]n2)n1. The van der Waals surface area contributed by atoms with Crippen LogP contribution in [-0.4, -0.2) is 39.1 Å². The first-order valence-electron chi connectivity index (χ1n) is 6.52. The van der Waals surface area contributed by atoms with Crippen molar-refractivity contribution in [3.05, 3.63) is 52.4 Å². The third-order valence-corrected chi connectivity index (χ3v) is 5.56. The van der Waals surface area contributed by atoms with Gasteiger partial charge in [0.1, 0.15) is 16.9 Å². The highest BCUT2D eigenvalue weighted by Gasteiger charge is 2.21. The Bertz CT molecular complexity index is 952. The van der Waals surface area contributed by atoms with Crippen LogP contribution in [0, 0.1) is 5.82 Å². The van der Waals surface area contributed by atoms with Gasteiger partial charge < -0.3 is 5.11 Å². The van der Waals surface area contributed by atoms with Crippen LogP contribution < -0.4 is 0 Å². The van der Waals surface area contributed by atoms with E-state index in [0.717, 1.165) is 23.5 Å². The van der Waals surface area contributed by atoms with Crippen molar-refractivity contribution in [1.29, 1.82) is 0 Å². The van der Waals surface area contributed by atoms with E-state index in [1.165, 1.54) is 29.7 Å². The van der Waals surface area contributed by atoms with Gasteiger partial charge in [0.2, 0.25) is 15.7 Å². The average Bonchev–Trinajstić information content (AvgIpc) is 3.25. The smallest absolute Gasteiger partial charge is 0.224 e. The standard InChI is InChI=1S/C13H10FN5O3S2/c14-8-1-3-9(4-2-8)24(21,22)12-7-23-11(15-12)6-5-10(20)13-16-18-19-17-13/h1-7,10,20H,(H,16,17,18,19). The van der Waals surface area contributed by atoms with Gasteiger partial charge in [-0.05, 0) is 36.4 Å². The highest BCUT2D eigenvalue weighted by Crippen LogP contribution is 2.24. The number of aromatic nitrogens is 5. The molecule has 1 aromatic carbocycles. The quantitative estimate of drug-likeness (QED) is 0.653. The Kier molecular flexibility index (Phi) is 4.46. The first-order chi connectivity index (χ1) is 11.5. The van der Waals surface area contributed by atoms with Crippen LogP contribution in [0.3, 0.4) is 0 Å². The Morgan fingerprint density at radius 2 is 2.04 bits per heavy atom. The molecule has 0 saturated carbocycles. The zero-order chi connectivity index (χ0) is 17.2. The predicted molar refractivity (Wildman–Crippen MR) is 82.1 cm³/mol. The van der Waals surface area contributed by atoms with Crippen molar-refractivity contribution < 1.29 is 17.9 Å². The zero-order valence-electron chi connectivity index (χ0n) is 11.9. The van der Waals surface area contributed by atoms with Crippen molar-refractivity contribution in [2.75, 3.05) is 0 Å². The van der Waals surface area contributed by atoms with Gasteiger partial charge in [-0.1, -0.05) is 5.21 Å². The number of halogens is 1. The van der Waals surface area contributed by atoms with Crippen LogP contribution in [0.15, 0.2) is 45.6 Å². The molecule has 2 heterocycles. The molecule has 0 fully saturated rings. The number of aliphatic hydroxyl groups excluding tert-OH is 1. The summed E-state index contributed by atoms with van der Waals surface area (Å²) in [6.07, 6.45) is 1.72. The molecule has 0 spiro atoms. The molecule has 24 heavy (non-hydrogen) atoms. The molecule has 0 saturated heterocycles. The van der Waals surface area contributed by atoms with E-state index in [1.54, 1.807) is 0 Å². The van der Waals surface area contributed by atoms with E-state index in [1.807, 2.05) is 0 Å². The van der Waals surface area contributed by atoms with Crippen molar-refractivity contribution >= 4 is 27.3 Å². The normalized spacial score (nSPS) is 13.4. The topological polar surface area (TPSA) is 122 Å². The maximum Gasteiger partial charge on any atom is 0.224 e. The van der Waals surface area contributed by atoms with E-state index in [4.69, 9.17) is 0 Å². The fourth-order valence-corrected chi connectivity index (χ4v) is 4.01. The summed E-state index contributed by atoms with van der Waals surface area (Å²) in [6.45, 7) is 0. The zero-order valence-corrected chi connectivity index (χ0v) is 13.5. The maximum absolute atomic E-state index is 12.9. The average molecular weight is 367 g/mol. The molecule has 0 amide bonds. The van der Waals surface area contributed by atoms with E-state index in [0.29, 0.717) is 5.01 Å². The first kappa shape index (κ1) is 16.4. The van der Waals surface area contributed by atoms with Gasteiger partial charge >= 0.3 is 0 Å². The van der Waals surface area contributed by atoms with E-state index >= 15 is 0 Å². The highest BCUT2D eigenvalue weighted by atomic mass is 32.2. The molecule has 2 aromatic heterocycles. The van der Waals surface area contributed by atoms with Gasteiger partial charge in [0.25, 0.3) is 0 Å². The van der Waals surface area contributed by atoms with Gasteiger partial charge in [0.15, 0.2) is 5.03 Å². The van der Waals surface area contributed by atoms with Crippen molar-refractivity contribution in [2.24, 2.45) is 0 Å². The van der Waals surface area contributed by atoms with E-state index in [-0.39, 0.29) is 15.7 Å². The minimum atomic E-state index is -3.82. The van der Waals surface area contributed by atoms with Crippen molar-refractivity contribution in [3.8, 4) is 0 Å². The number of rotatable bonds is 5. The van der Waals surface area contributed by atoms with Crippen LogP contribution in [0.1, 0.15) is 16.9 Å². The fraction of sp³-hybridized carbons (Fsp3) is 0.0769. The van der Waals surface area contributed by atoms with Gasteiger partial charge in [0.05, 0.1) is 4.90 Å². The van der Waals surface area contributed by atoms with E-state index < -0.39 is 21.8 Å². The maximum atomic E-state index is 12.9. The summed E-state index contributed by atoms with van der Waals surface area (Å²) in [7, 11) is -3.82. The first-order valence-corrected chi connectivity index (χ1v) is 8.89. The lowest BCUT2D eigenvalue weighted by molar-refractivity contribution is 0.219. The number of nitrogens with one attached hydrogen (secondary N) is 1. The number of aromatic amines is 1. The van der Waals surface area contributed by atoms with Crippen LogP contribution in [-0.2, 0) is 9.84 Å². The summed E-state index contributed by atoms with van der Waals surface area (Å²) < 4.78 is 37.7. The van der Waals surface area contributed by atoms with Gasteiger partial charge in [-0.3, -0.25) is 0 Å². The Labute approximate surface area is 139 Å². The number of H-pyrrole nitrogens is 1. The van der Waals surface area contributed by atoms with Gasteiger partial charge in [-0.15, -0.1) is 21.5 Å². The van der Waals surface area contributed by atoms with Crippen molar-refractivity contribution in [2.45, 2.75) is 16.0 Å². The number of tetrazole rings is 1. The van der Waals surface area contributed by atoms with Crippen molar-refractivity contribution in [3.63, 3.8) is 0 Å². The molecule has 11 heteroatoms. The Morgan fingerprint density at radius 3 is 2.71 bits per heavy atom. The van der Waals surface area contributed by atoms with Crippen LogP contribution in [0.2, 0.25) is 0 Å². The molecule has 3 rings (SSSR count). The molecule has 0 aliphatic heterocycles. The fourth-order valence-electron chi connectivity index (χ4n) is 1.76. The van der Waals surface area contributed by atoms with Crippen LogP contribution in [0.4, 0.5) is 4.39 Å². The summed E-state index contributed by atoms with van der Waals surface area (Å²) >= 11 is 1.09. The third-order valence-electron chi connectivity index (χ3n) is 2.95. The molecule has 124 valence electrons. The number of aliphatic hydroxyl groups is 1. The molecule has 0 radical (unpaired) electrons. The lowest BCUT2D eigenvalue weighted by atomic mass is 10.3. The third kappa shape index (κ3) is 3.37. The Balaban J connectivity index is 1.81. The molecule has 0 bridgehead atoms. The molecule has 1 atom stereocenters. The number of benzene rings is 1. The number of sulfone groups is 1. The summed E-state index contributed by atoms with van der Waals surface area (Å²) in [5.74, 6) is -0.437. The lowest BCUT2D eigenvalue weighted by Gasteiger charge is -2.00. The number of nitrogens with zero attached hydrogens (tertiary/aromatic N) is 4. The molecule has 0 aliphatic rings. The molecule has 1 unspecified atom stereocenters. The van der Waals surface area contributed by atoms with E-state index in [2.05, 4.69) is 25.6 Å². The second-order valence-electron chi connectivity index (χ2n) is 4.56. The van der Waals surface area contributed by atoms with Crippen molar-refractivity contribution in [1.82, 2.24) is 25.6 Å². The molecule has 3 aromatic rings. The van der Waals surface area contributed by atoms with E-state index in [9.17, 15) is 17.9 Å². The van der Waals surface area contributed by atoms with Crippen LogP contribution in [0.25, 0.3) is 6.08 Å². The molecule has 2 N–H and O–H groups in total. The molecular formula is C13H10FN5O3S2. The van der Waals surface area contributed by atoms with Gasteiger partial charge in [-0.2, -0.15) is 5.21 Å². The molecule has 8 nitrogen and oxygen atoms in total. The predicted octanol–water partition coefficient (Wildman–Crippen LogP) is 1.37. The summed E-state index contributed by atoms with van der Waals surface area (Å²) in [4.78, 5) is 3.96. The van der Waals surface area contributed by atoms with Gasteiger partial charge in [0, 0.05) is 5.38 Å². The largest absolute Gasteiger partial charge is 0.381 e. The van der Waals surface area contributed by atoms with Gasteiger partial charge in [-0.25, -0.2) is 17.8 Å². The Morgan fingerprint density at radius 1 is 1.29 bits per heavy atom. The minimum Gasteiger partial charge on any atom is -0.381 e. The molecule has 0 aliphatic carbocycles. The minimum absolute atomic E-state index is 0.0449. The lowest BCUT2D eigenvalue weighted by Crippen LogP contribution is -2.02. The van der Waals surface area contributed by atoms with Crippen LogP contribution in [0.5, 0.6) is 0 Å². The second kappa shape index (κ2) is 6.55. The second-order valence-corrected chi connectivity index (χ2v) is 7.34. The highest BCUT2D eigenvalue weighted by molar-refractivity contribution is 7.91.